The molecule has 0 aliphatic heterocycles. The van der Waals surface area contributed by atoms with E-state index >= 15 is 0 Å². The molecule has 2 nitrogen and oxygen atoms in total. The number of anilines is 5. The van der Waals surface area contributed by atoms with E-state index in [1.807, 2.05) is 0 Å². The Hall–Kier alpha value is -4.82. The van der Waals surface area contributed by atoms with E-state index in [1.165, 1.54) is 94.1 Å². The smallest absolute Gasteiger partial charge is 0.0461 e. The topological polar surface area (TPSA) is 6.48 Å². The van der Waals surface area contributed by atoms with Crippen LogP contribution in [0.25, 0.3) is 0 Å². The zero-order valence-electron chi connectivity index (χ0n) is 29.0. The van der Waals surface area contributed by atoms with Gasteiger partial charge in [0.1, 0.15) is 0 Å². The number of benzene rings is 5. The van der Waals surface area contributed by atoms with Crippen LogP contribution in [-0.4, -0.2) is 0 Å². The SMILES string of the molecule is Cc1ccc(N(C2=CCC(C3(c4ccc(N(c5ccc(C)cc5)c5ccc(C)cc5)cc4)CCCCC3)C=C2)c2ccc(C)cc2)cc1. The second kappa shape index (κ2) is 13.7. The third-order valence-electron chi connectivity index (χ3n) is 10.7. The van der Waals surface area contributed by atoms with Crippen molar-refractivity contribution in [3.8, 4) is 0 Å². The molecule has 1 saturated carbocycles. The molecule has 1 atom stereocenters. The fourth-order valence-electron chi connectivity index (χ4n) is 7.85. The molecule has 0 bridgehead atoms. The summed E-state index contributed by atoms with van der Waals surface area (Å²) in [6.45, 7) is 8.61. The highest BCUT2D eigenvalue weighted by atomic mass is 15.1. The Morgan fingerprint density at radius 3 is 1.21 bits per heavy atom. The lowest BCUT2D eigenvalue weighted by molar-refractivity contribution is 0.222. The Labute approximate surface area is 288 Å². The first kappa shape index (κ1) is 31.8. The molecule has 5 aromatic carbocycles. The molecular formula is C46H48N2. The second-order valence-corrected chi connectivity index (χ2v) is 14.1. The highest BCUT2D eigenvalue weighted by Gasteiger charge is 2.40. The van der Waals surface area contributed by atoms with E-state index in [1.54, 1.807) is 0 Å². The second-order valence-electron chi connectivity index (χ2n) is 14.1. The Kier molecular flexibility index (Phi) is 9.08. The summed E-state index contributed by atoms with van der Waals surface area (Å²) in [6, 6.07) is 45.2. The van der Waals surface area contributed by atoms with Crippen LogP contribution in [0.5, 0.6) is 0 Å². The summed E-state index contributed by atoms with van der Waals surface area (Å²) in [7, 11) is 0. The van der Waals surface area contributed by atoms with Crippen LogP contribution in [0.4, 0.5) is 28.4 Å². The Balaban J connectivity index is 1.20. The lowest BCUT2D eigenvalue weighted by Gasteiger charge is -2.44. The van der Waals surface area contributed by atoms with Crippen LogP contribution >= 0.6 is 0 Å². The van der Waals surface area contributed by atoms with Crippen molar-refractivity contribution in [1.82, 2.24) is 0 Å². The molecule has 1 fully saturated rings. The maximum atomic E-state index is 2.54. The molecule has 0 amide bonds. The fraction of sp³-hybridized carbons (Fsp3) is 0.261. The van der Waals surface area contributed by atoms with Gasteiger partial charge in [0.2, 0.25) is 0 Å². The molecule has 2 heteroatoms. The molecule has 5 aromatic rings. The average Bonchev–Trinajstić information content (AvgIpc) is 3.13. The van der Waals surface area contributed by atoms with Crippen LogP contribution in [0.15, 0.2) is 145 Å². The zero-order chi connectivity index (χ0) is 33.1. The van der Waals surface area contributed by atoms with Gasteiger partial charge >= 0.3 is 0 Å². The van der Waals surface area contributed by atoms with Crippen molar-refractivity contribution in [3.63, 3.8) is 0 Å². The van der Waals surface area contributed by atoms with Gasteiger partial charge in [0.15, 0.2) is 0 Å². The van der Waals surface area contributed by atoms with Gasteiger partial charge in [-0.1, -0.05) is 114 Å². The molecule has 0 saturated heterocycles. The monoisotopic (exact) mass is 628 g/mol. The third kappa shape index (κ3) is 6.49. The largest absolute Gasteiger partial charge is 0.311 e. The van der Waals surface area contributed by atoms with Crippen molar-refractivity contribution >= 4 is 28.4 Å². The third-order valence-corrected chi connectivity index (χ3v) is 10.7. The van der Waals surface area contributed by atoms with Gasteiger partial charge in [0.25, 0.3) is 0 Å². The molecule has 2 aliphatic rings. The molecule has 0 aromatic heterocycles. The average molecular weight is 629 g/mol. The highest BCUT2D eigenvalue weighted by molar-refractivity contribution is 5.77. The lowest BCUT2D eigenvalue weighted by Crippen LogP contribution is -2.37. The maximum absolute atomic E-state index is 2.54. The summed E-state index contributed by atoms with van der Waals surface area (Å²) in [4.78, 5) is 4.80. The van der Waals surface area contributed by atoms with Crippen molar-refractivity contribution in [2.45, 2.75) is 71.6 Å². The van der Waals surface area contributed by atoms with Crippen LogP contribution in [-0.2, 0) is 5.41 Å². The molecule has 0 N–H and O–H groups in total. The minimum Gasteiger partial charge on any atom is -0.311 e. The van der Waals surface area contributed by atoms with E-state index in [9.17, 15) is 0 Å². The number of hydrogen-bond acceptors (Lipinski definition) is 2. The molecule has 0 radical (unpaired) electrons. The predicted octanol–water partition coefficient (Wildman–Crippen LogP) is 12.9. The number of nitrogens with zero attached hydrogens (tertiary/aromatic N) is 2. The van der Waals surface area contributed by atoms with Crippen LogP contribution < -0.4 is 9.80 Å². The van der Waals surface area contributed by atoms with E-state index in [4.69, 9.17) is 0 Å². The van der Waals surface area contributed by atoms with Gasteiger partial charge in [-0.25, -0.2) is 0 Å². The van der Waals surface area contributed by atoms with Crippen LogP contribution in [0, 0.1) is 33.6 Å². The van der Waals surface area contributed by atoms with E-state index in [0.717, 1.165) is 6.42 Å². The first-order chi connectivity index (χ1) is 23.4. The lowest BCUT2D eigenvalue weighted by atomic mass is 9.60. The van der Waals surface area contributed by atoms with Gasteiger partial charge in [0.05, 0.1) is 0 Å². The number of allylic oxidation sites excluding steroid dienone is 3. The van der Waals surface area contributed by atoms with Crippen molar-refractivity contribution in [3.05, 3.63) is 173 Å². The highest BCUT2D eigenvalue weighted by Crippen LogP contribution is 2.49. The molecule has 0 spiro atoms. The Morgan fingerprint density at radius 2 is 0.833 bits per heavy atom. The number of hydrogen-bond donors (Lipinski definition) is 0. The minimum absolute atomic E-state index is 0.145. The normalized spacial score (nSPS) is 17.1. The summed E-state index contributed by atoms with van der Waals surface area (Å²) < 4.78 is 0. The van der Waals surface area contributed by atoms with Crippen LogP contribution in [0.3, 0.4) is 0 Å². The summed E-state index contributed by atoms with van der Waals surface area (Å²) in [6.07, 6.45) is 14.9. The molecule has 2 aliphatic carbocycles. The Morgan fingerprint density at radius 1 is 0.458 bits per heavy atom. The molecule has 7 rings (SSSR count). The van der Waals surface area contributed by atoms with Gasteiger partial charge in [0, 0.05) is 39.5 Å². The predicted molar refractivity (Wildman–Crippen MR) is 205 cm³/mol. The first-order valence-corrected chi connectivity index (χ1v) is 17.8. The van der Waals surface area contributed by atoms with Crippen molar-refractivity contribution < 1.29 is 0 Å². The van der Waals surface area contributed by atoms with Gasteiger partial charge in [-0.15, -0.1) is 0 Å². The standard InChI is InChI=1S/C46H48N2/c1-34-8-20-40(21-9-34)47(41-22-10-35(2)11-23-41)44-28-16-38(17-29-44)46(32-6-5-7-33-46)39-18-30-45(31-19-39)48(42-24-12-36(3)13-25-42)43-26-14-37(4)15-27-43/h8-18,20-31,39H,5-7,19,32-33H2,1-4H3. The van der Waals surface area contributed by atoms with Crippen molar-refractivity contribution in [1.29, 1.82) is 0 Å². The summed E-state index contributed by atoms with van der Waals surface area (Å²) in [5.74, 6) is 0.468. The quantitative estimate of drug-likeness (QED) is 0.169. The molecule has 0 heterocycles. The summed E-state index contributed by atoms with van der Waals surface area (Å²) in [5.41, 5.74) is 14.0. The van der Waals surface area contributed by atoms with Crippen molar-refractivity contribution in [2.75, 3.05) is 9.80 Å². The zero-order valence-corrected chi connectivity index (χ0v) is 29.0. The van der Waals surface area contributed by atoms with Crippen LogP contribution in [0.2, 0.25) is 0 Å². The minimum atomic E-state index is 0.145. The molecular weight excluding hydrogens is 581 g/mol. The fourth-order valence-corrected chi connectivity index (χ4v) is 7.85. The van der Waals surface area contributed by atoms with Gasteiger partial charge in [-0.05, 0) is 125 Å². The molecule has 1 unspecified atom stereocenters. The van der Waals surface area contributed by atoms with E-state index in [-0.39, 0.29) is 5.41 Å². The van der Waals surface area contributed by atoms with E-state index in [2.05, 4.69) is 177 Å². The van der Waals surface area contributed by atoms with Gasteiger partial charge in [-0.2, -0.15) is 0 Å². The van der Waals surface area contributed by atoms with E-state index < -0.39 is 0 Å². The van der Waals surface area contributed by atoms with Gasteiger partial charge < -0.3 is 9.80 Å². The number of rotatable bonds is 8. The summed E-state index contributed by atoms with van der Waals surface area (Å²) in [5, 5.41) is 0. The van der Waals surface area contributed by atoms with Gasteiger partial charge in [-0.3, -0.25) is 0 Å². The van der Waals surface area contributed by atoms with Crippen LogP contribution in [0.1, 0.15) is 66.3 Å². The Bertz CT molecular complexity index is 1780. The molecule has 48 heavy (non-hydrogen) atoms. The van der Waals surface area contributed by atoms with E-state index in [0.29, 0.717) is 5.92 Å². The molecule has 242 valence electrons. The summed E-state index contributed by atoms with van der Waals surface area (Å²) >= 11 is 0. The maximum Gasteiger partial charge on any atom is 0.0461 e. The first-order valence-electron chi connectivity index (χ1n) is 17.8. The van der Waals surface area contributed by atoms with Crippen molar-refractivity contribution in [2.24, 2.45) is 5.92 Å². The number of aryl methyl sites for hydroxylation is 4.